The standard InChI is InChI=1S/C14H12N4OS2/c1-2-13(10-4-3-5-21-10)11(9(6-15)7-16)14(20,8-17)12(18)19-13/h3-5,12,20H,2,18H2,1H3. The van der Waals surface area contributed by atoms with Gasteiger partial charge in [-0.15, -0.1) is 24.0 Å². The van der Waals surface area contributed by atoms with Crippen LogP contribution in [0, 0.1) is 34.0 Å². The molecule has 0 saturated carbocycles. The minimum absolute atomic E-state index is 0.172. The minimum atomic E-state index is -1.51. The van der Waals surface area contributed by atoms with Gasteiger partial charge in [-0.2, -0.15) is 15.8 Å². The molecule has 1 saturated heterocycles. The Balaban J connectivity index is 2.85. The number of nitrogens with two attached hydrogens (primary N) is 1. The zero-order valence-electron chi connectivity index (χ0n) is 11.2. The number of thiol groups is 1. The molecular formula is C14H12N4OS2. The van der Waals surface area contributed by atoms with Crippen LogP contribution in [-0.4, -0.2) is 11.0 Å². The van der Waals surface area contributed by atoms with Crippen LogP contribution in [0.1, 0.15) is 18.2 Å². The summed E-state index contributed by atoms with van der Waals surface area (Å²) in [5.41, 5.74) is 4.95. The van der Waals surface area contributed by atoms with Crippen molar-refractivity contribution in [3.05, 3.63) is 33.5 Å². The van der Waals surface area contributed by atoms with Crippen LogP contribution in [-0.2, 0) is 10.3 Å². The Morgan fingerprint density at radius 1 is 1.48 bits per heavy atom. The van der Waals surface area contributed by atoms with E-state index in [-0.39, 0.29) is 11.1 Å². The molecule has 5 nitrogen and oxygen atoms in total. The van der Waals surface area contributed by atoms with Crippen LogP contribution in [0.25, 0.3) is 0 Å². The molecule has 0 radical (unpaired) electrons. The van der Waals surface area contributed by atoms with E-state index in [0.29, 0.717) is 6.42 Å². The summed E-state index contributed by atoms with van der Waals surface area (Å²) in [5.74, 6) is 0. The lowest BCUT2D eigenvalue weighted by molar-refractivity contribution is -0.0307. The predicted molar refractivity (Wildman–Crippen MR) is 80.9 cm³/mol. The maximum Gasteiger partial charge on any atom is 0.165 e. The summed E-state index contributed by atoms with van der Waals surface area (Å²) in [7, 11) is 0. The van der Waals surface area contributed by atoms with Gasteiger partial charge >= 0.3 is 0 Å². The number of nitriles is 3. The summed E-state index contributed by atoms with van der Waals surface area (Å²) < 4.78 is 4.36. The van der Waals surface area contributed by atoms with Gasteiger partial charge in [0.2, 0.25) is 0 Å². The number of nitrogens with zero attached hydrogens (tertiary/aromatic N) is 3. The molecule has 21 heavy (non-hydrogen) atoms. The van der Waals surface area contributed by atoms with Crippen LogP contribution >= 0.6 is 24.0 Å². The first-order valence-electron chi connectivity index (χ1n) is 6.16. The van der Waals surface area contributed by atoms with E-state index < -0.39 is 16.6 Å². The summed E-state index contributed by atoms with van der Waals surface area (Å²) in [6.45, 7) is 1.86. The number of hydrogen-bond acceptors (Lipinski definition) is 7. The van der Waals surface area contributed by atoms with E-state index in [1.165, 1.54) is 11.3 Å². The van der Waals surface area contributed by atoms with Gasteiger partial charge in [0, 0.05) is 10.5 Å². The first-order chi connectivity index (χ1) is 10.00. The van der Waals surface area contributed by atoms with Crippen LogP contribution in [0.5, 0.6) is 0 Å². The van der Waals surface area contributed by atoms with E-state index >= 15 is 0 Å². The molecule has 2 N–H and O–H groups in total. The van der Waals surface area contributed by atoms with Crippen molar-refractivity contribution >= 4 is 24.0 Å². The van der Waals surface area contributed by atoms with E-state index in [2.05, 4.69) is 12.6 Å². The van der Waals surface area contributed by atoms with Crippen LogP contribution in [0.4, 0.5) is 0 Å². The van der Waals surface area contributed by atoms with Gasteiger partial charge in [0.15, 0.2) is 4.75 Å². The molecule has 7 heteroatoms. The maximum absolute atomic E-state index is 9.50. The SMILES string of the molecule is CCC1(c2cccs2)OC(N)C(S)(C#N)C1=C(C#N)C#N. The number of ether oxygens (including phenoxy) is 1. The normalized spacial score (nSPS) is 31.2. The molecular weight excluding hydrogens is 304 g/mol. The first-order valence-corrected chi connectivity index (χ1v) is 7.49. The van der Waals surface area contributed by atoms with Gasteiger partial charge < -0.3 is 10.5 Å². The largest absolute Gasteiger partial charge is 0.344 e. The lowest BCUT2D eigenvalue weighted by atomic mass is 9.80. The summed E-state index contributed by atoms with van der Waals surface area (Å²) in [5, 5.41) is 29.9. The third-order valence-corrected chi connectivity index (χ3v) is 5.18. The van der Waals surface area contributed by atoms with Crippen molar-refractivity contribution in [2.75, 3.05) is 0 Å². The average Bonchev–Trinajstić information content (AvgIpc) is 3.10. The molecule has 0 aromatic carbocycles. The van der Waals surface area contributed by atoms with Crippen molar-refractivity contribution < 1.29 is 4.74 Å². The molecule has 0 bridgehead atoms. The highest BCUT2D eigenvalue weighted by Crippen LogP contribution is 2.54. The van der Waals surface area contributed by atoms with Crippen molar-refractivity contribution in [3.8, 4) is 18.2 Å². The van der Waals surface area contributed by atoms with Crippen LogP contribution < -0.4 is 5.73 Å². The first kappa shape index (κ1) is 15.6. The molecule has 0 spiro atoms. The van der Waals surface area contributed by atoms with Gasteiger partial charge in [0.25, 0.3) is 0 Å². The van der Waals surface area contributed by atoms with Gasteiger partial charge in [-0.1, -0.05) is 13.0 Å². The van der Waals surface area contributed by atoms with Crippen molar-refractivity contribution in [2.45, 2.75) is 29.9 Å². The van der Waals surface area contributed by atoms with Crippen LogP contribution in [0.2, 0.25) is 0 Å². The van der Waals surface area contributed by atoms with Crippen molar-refractivity contribution in [1.82, 2.24) is 0 Å². The molecule has 0 amide bonds. The zero-order valence-corrected chi connectivity index (χ0v) is 12.9. The van der Waals surface area contributed by atoms with Gasteiger partial charge in [-0.05, 0) is 17.9 Å². The summed E-state index contributed by atoms with van der Waals surface area (Å²) in [6, 6.07) is 9.36. The van der Waals surface area contributed by atoms with E-state index in [9.17, 15) is 15.8 Å². The molecule has 2 rings (SSSR count). The Labute approximate surface area is 132 Å². The lowest BCUT2D eigenvalue weighted by Gasteiger charge is -2.29. The summed E-state index contributed by atoms with van der Waals surface area (Å²) in [6.07, 6.45) is -0.590. The van der Waals surface area contributed by atoms with E-state index in [0.717, 1.165) is 4.88 Å². The molecule has 2 heterocycles. The quantitative estimate of drug-likeness (QED) is 0.642. The topological polar surface area (TPSA) is 107 Å². The van der Waals surface area contributed by atoms with Gasteiger partial charge in [0.05, 0.1) is 6.07 Å². The number of rotatable bonds is 2. The van der Waals surface area contributed by atoms with E-state index in [1.54, 1.807) is 0 Å². The van der Waals surface area contributed by atoms with Gasteiger partial charge in [-0.3, -0.25) is 0 Å². The fraction of sp³-hybridized carbons (Fsp3) is 0.357. The Morgan fingerprint density at radius 3 is 2.57 bits per heavy atom. The van der Waals surface area contributed by atoms with Crippen molar-refractivity contribution in [1.29, 1.82) is 15.8 Å². The maximum atomic E-state index is 9.50. The molecule has 0 aliphatic carbocycles. The number of hydrogen-bond donors (Lipinski definition) is 2. The van der Waals surface area contributed by atoms with Gasteiger partial charge in [-0.25, -0.2) is 0 Å². The monoisotopic (exact) mass is 316 g/mol. The number of allylic oxidation sites excluding steroid dienone is 1. The molecule has 1 aromatic heterocycles. The number of thiophene rings is 1. The molecule has 1 aliphatic rings. The Kier molecular flexibility index (Phi) is 4.09. The summed E-state index contributed by atoms with van der Waals surface area (Å²) in [4.78, 5) is 0.796. The highest BCUT2D eigenvalue weighted by molar-refractivity contribution is 7.82. The molecule has 3 unspecified atom stereocenters. The van der Waals surface area contributed by atoms with Gasteiger partial charge in [0.1, 0.15) is 29.5 Å². The second kappa shape index (κ2) is 5.52. The highest BCUT2D eigenvalue weighted by atomic mass is 32.1. The highest BCUT2D eigenvalue weighted by Gasteiger charge is 2.60. The minimum Gasteiger partial charge on any atom is -0.344 e. The molecule has 106 valence electrons. The second-order valence-electron chi connectivity index (χ2n) is 4.55. The Morgan fingerprint density at radius 2 is 2.14 bits per heavy atom. The van der Waals surface area contributed by atoms with Crippen LogP contribution in [0.3, 0.4) is 0 Å². The predicted octanol–water partition coefficient (Wildman–Crippen LogP) is 2.20. The fourth-order valence-electron chi connectivity index (χ4n) is 2.58. The average molecular weight is 316 g/mol. The lowest BCUT2D eigenvalue weighted by Crippen LogP contribution is -2.39. The van der Waals surface area contributed by atoms with Crippen molar-refractivity contribution in [2.24, 2.45) is 5.73 Å². The molecule has 1 aromatic rings. The van der Waals surface area contributed by atoms with E-state index in [4.69, 9.17) is 10.5 Å². The third-order valence-electron chi connectivity index (χ3n) is 3.59. The Hall–Kier alpha value is -1.82. The zero-order chi connectivity index (χ0) is 15.7. The van der Waals surface area contributed by atoms with E-state index in [1.807, 2.05) is 42.6 Å². The van der Waals surface area contributed by atoms with Crippen molar-refractivity contribution in [3.63, 3.8) is 0 Å². The third kappa shape index (κ3) is 2.05. The van der Waals surface area contributed by atoms with Crippen LogP contribution in [0.15, 0.2) is 28.7 Å². The summed E-state index contributed by atoms with van der Waals surface area (Å²) >= 11 is 5.77. The molecule has 1 aliphatic heterocycles. The second-order valence-corrected chi connectivity index (χ2v) is 6.20. The molecule has 3 atom stereocenters. The molecule has 1 fully saturated rings. The Bertz CT molecular complexity index is 691. The fourth-order valence-corrected chi connectivity index (χ4v) is 3.87. The smallest absolute Gasteiger partial charge is 0.165 e.